The first-order valence-corrected chi connectivity index (χ1v) is 11.2. The summed E-state index contributed by atoms with van der Waals surface area (Å²) in [6.07, 6.45) is 11.9. The molecule has 0 bridgehead atoms. The van der Waals surface area contributed by atoms with Crippen LogP contribution in [0.15, 0.2) is 53.7 Å². The van der Waals surface area contributed by atoms with E-state index in [0.717, 1.165) is 31.4 Å². The lowest BCUT2D eigenvalue weighted by molar-refractivity contribution is 0.474. The van der Waals surface area contributed by atoms with Crippen LogP contribution in [-0.2, 0) is 10.0 Å². The zero-order chi connectivity index (χ0) is 19.4. The van der Waals surface area contributed by atoms with Crippen LogP contribution in [0.1, 0.15) is 31.2 Å². The molecule has 4 rings (SSSR count). The fraction of sp³-hybridized carbons (Fsp3) is 0.381. The van der Waals surface area contributed by atoms with E-state index in [9.17, 15) is 8.42 Å². The molecule has 2 aliphatic heterocycles. The van der Waals surface area contributed by atoms with Gasteiger partial charge in [-0.2, -0.15) is 4.31 Å². The van der Waals surface area contributed by atoms with Gasteiger partial charge in [0, 0.05) is 25.3 Å². The summed E-state index contributed by atoms with van der Waals surface area (Å²) in [6.45, 7) is 2.27. The van der Waals surface area contributed by atoms with Crippen molar-refractivity contribution in [2.75, 3.05) is 19.6 Å². The maximum Gasteiger partial charge on any atom is 0.243 e. The number of ether oxygens (including phenoxy) is 1. The predicted octanol–water partition coefficient (Wildman–Crippen LogP) is 3.42. The van der Waals surface area contributed by atoms with Gasteiger partial charge in [0.15, 0.2) is 0 Å². The third-order valence-electron chi connectivity index (χ3n) is 5.12. The van der Waals surface area contributed by atoms with Crippen molar-refractivity contribution in [2.45, 2.75) is 36.6 Å². The van der Waals surface area contributed by atoms with Gasteiger partial charge in [0.05, 0.1) is 11.1 Å². The Morgan fingerprint density at radius 3 is 2.57 bits per heavy atom. The molecule has 0 amide bonds. The Hall–Kier alpha value is -2.22. The van der Waals surface area contributed by atoms with Crippen molar-refractivity contribution < 1.29 is 13.2 Å². The molecule has 3 heterocycles. The van der Waals surface area contributed by atoms with Crippen LogP contribution in [0.5, 0.6) is 11.5 Å². The number of pyridine rings is 1. The van der Waals surface area contributed by atoms with E-state index >= 15 is 0 Å². The van der Waals surface area contributed by atoms with E-state index in [1.54, 1.807) is 41.0 Å². The van der Waals surface area contributed by atoms with Gasteiger partial charge in [-0.15, -0.1) is 0 Å². The highest BCUT2D eigenvalue weighted by Crippen LogP contribution is 2.26. The lowest BCUT2D eigenvalue weighted by Gasteiger charge is -2.15. The molecule has 1 atom stereocenters. The summed E-state index contributed by atoms with van der Waals surface area (Å²) in [5, 5.41) is 3.43. The summed E-state index contributed by atoms with van der Waals surface area (Å²) in [6, 6.07) is 8.93. The molecule has 0 spiro atoms. The number of nitrogens with one attached hydrogen (secondary N) is 1. The van der Waals surface area contributed by atoms with E-state index in [2.05, 4.69) is 22.5 Å². The normalized spacial score (nSPS) is 20.8. The predicted molar refractivity (Wildman–Crippen MR) is 109 cm³/mol. The quantitative estimate of drug-likeness (QED) is 0.806. The molecule has 0 saturated carbocycles. The lowest BCUT2D eigenvalue weighted by atomic mass is 10.2. The Kier molecular flexibility index (Phi) is 5.75. The van der Waals surface area contributed by atoms with Crippen molar-refractivity contribution in [2.24, 2.45) is 0 Å². The maximum atomic E-state index is 12.6. The minimum Gasteiger partial charge on any atom is -0.456 e. The van der Waals surface area contributed by atoms with Crippen LogP contribution in [0, 0.1) is 0 Å². The zero-order valence-electron chi connectivity index (χ0n) is 15.8. The first kappa shape index (κ1) is 19.1. The number of sulfonamides is 1. The van der Waals surface area contributed by atoms with E-state index in [1.807, 2.05) is 6.07 Å². The fourth-order valence-corrected chi connectivity index (χ4v) is 5.10. The molecule has 2 aliphatic rings. The minimum atomic E-state index is -3.40. The Balaban J connectivity index is 1.43. The third kappa shape index (κ3) is 4.43. The van der Waals surface area contributed by atoms with E-state index < -0.39 is 10.0 Å². The smallest absolute Gasteiger partial charge is 0.243 e. The zero-order valence-corrected chi connectivity index (χ0v) is 16.6. The van der Waals surface area contributed by atoms with Gasteiger partial charge in [-0.3, -0.25) is 4.98 Å². The molecule has 6 nitrogen and oxygen atoms in total. The summed E-state index contributed by atoms with van der Waals surface area (Å²) < 4.78 is 32.6. The number of hydrogen-bond acceptors (Lipinski definition) is 5. The van der Waals surface area contributed by atoms with Crippen molar-refractivity contribution in [3.63, 3.8) is 0 Å². The van der Waals surface area contributed by atoms with E-state index in [0.29, 0.717) is 35.5 Å². The Bertz CT molecular complexity index is 930. The van der Waals surface area contributed by atoms with Gasteiger partial charge in [-0.05, 0) is 68.1 Å². The number of hydrogen-bond donors (Lipinski definition) is 1. The molecule has 0 unspecified atom stereocenters. The Labute approximate surface area is 166 Å². The van der Waals surface area contributed by atoms with Crippen LogP contribution in [0.2, 0.25) is 0 Å². The molecule has 2 aromatic rings. The second kappa shape index (κ2) is 8.43. The average Bonchev–Trinajstić information content (AvgIpc) is 3.41. The SMILES string of the molecule is O=S(=O)(c1ccc(Oc2cncc(C=C[C@@H]3CCCN3)c2)cc1)N1CCCC1. The van der Waals surface area contributed by atoms with Crippen LogP contribution >= 0.6 is 0 Å². The van der Waals surface area contributed by atoms with Crippen molar-refractivity contribution >= 4 is 16.1 Å². The second-order valence-electron chi connectivity index (χ2n) is 7.20. The molecule has 7 heteroatoms. The van der Waals surface area contributed by atoms with Crippen molar-refractivity contribution in [1.82, 2.24) is 14.6 Å². The van der Waals surface area contributed by atoms with Gasteiger partial charge < -0.3 is 10.1 Å². The standard InChI is InChI=1S/C21H25N3O3S/c25-28(26,24-12-1-2-13-24)21-9-7-19(8-10-21)27-20-14-17(15-22-16-20)5-6-18-4-3-11-23-18/h5-10,14-16,18,23H,1-4,11-13H2/t18-/m0/s1. The summed E-state index contributed by atoms with van der Waals surface area (Å²) in [5.41, 5.74) is 0.972. The molecule has 2 saturated heterocycles. The second-order valence-corrected chi connectivity index (χ2v) is 9.14. The summed E-state index contributed by atoms with van der Waals surface area (Å²) >= 11 is 0. The minimum absolute atomic E-state index is 0.306. The number of benzene rings is 1. The van der Waals surface area contributed by atoms with Crippen LogP contribution in [-0.4, -0.2) is 43.4 Å². The van der Waals surface area contributed by atoms with Crippen LogP contribution in [0.4, 0.5) is 0 Å². The molecular formula is C21H25N3O3S. The van der Waals surface area contributed by atoms with Crippen LogP contribution in [0.3, 0.4) is 0 Å². The van der Waals surface area contributed by atoms with Gasteiger partial charge in [0.25, 0.3) is 0 Å². The number of rotatable bonds is 6. The highest BCUT2D eigenvalue weighted by molar-refractivity contribution is 7.89. The van der Waals surface area contributed by atoms with Gasteiger partial charge in [-0.1, -0.05) is 12.2 Å². The van der Waals surface area contributed by atoms with E-state index in [1.165, 1.54) is 6.42 Å². The first-order valence-electron chi connectivity index (χ1n) is 9.76. The molecule has 1 aromatic carbocycles. The van der Waals surface area contributed by atoms with Crippen molar-refractivity contribution in [1.29, 1.82) is 0 Å². The molecule has 1 aromatic heterocycles. The monoisotopic (exact) mass is 399 g/mol. The molecule has 1 N–H and O–H groups in total. The van der Waals surface area contributed by atoms with Crippen molar-refractivity contribution in [3.8, 4) is 11.5 Å². The molecule has 2 fully saturated rings. The maximum absolute atomic E-state index is 12.6. The first-order chi connectivity index (χ1) is 13.6. The summed E-state index contributed by atoms with van der Waals surface area (Å²) in [4.78, 5) is 4.54. The number of nitrogens with zero attached hydrogens (tertiary/aromatic N) is 2. The third-order valence-corrected chi connectivity index (χ3v) is 7.03. The van der Waals surface area contributed by atoms with Gasteiger partial charge in [-0.25, -0.2) is 8.42 Å². The molecule has 28 heavy (non-hydrogen) atoms. The molecule has 0 radical (unpaired) electrons. The van der Waals surface area contributed by atoms with Crippen LogP contribution in [0.25, 0.3) is 6.08 Å². The Morgan fingerprint density at radius 1 is 1.07 bits per heavy atom. The lowest BCUT2D eigenvalue weighted by Crippen LogP contribution is -2.27. The van der Waals surface area contributed by atoms with Gasteiger partial charge >= 0.3 is 0 Å². The number of aromatic nitrogens is 1. The van der Waals surface area contributed by atoms with Crippen molar-refractivity contribution in [3.05, 3.63) is 54.4 Å². The summed E-state index contributed by atoms with van der Waals surface area (Å²) in [7, 11) is -3.40. The average molecular weight is 400 g/mol. The Morgan fingerprint density at radius 2 is 1.86 bits per heavy atom. The highest BCUT2D eigenvalue weighted by Gasteiger charge is 2.26. The topological polar surface area (TPSA) is 71.5 Å². The fourth-order valence-electron chi connectivity index (χ4n) is 3.58. The highest BCUT2D eigenvalue weighted by atomic mass is 32.2. The van der Waals surface area contributed by atoms with Gasteiger partial charge in [0.1, 0.15) is 11.5 Å². The summed E-state index contributed by atoms with van der Waals surface area (Å²) in [5.74, 6) is 1.21. The molecule has 148 valence electrons. The molecular weight excluding hydrogens is 374 g/mol. The van der Waals surface area contributed by atoms with Gasteiger partial charge in [0.2, 0.25) is 10.0 Å². The van der Waals surface area contributed by atoms with E-state index in [-0.39, 0.29) is 0 Å². The van der Waals surface area contributed by atoms with E-state index in [4.69, 9.17) is 4.74 Å². The largest absolute Gasteiger partial charge is 0.456 e. The van der Waals surface area contributed by atoms with Crippen LogP contribution < -0.4 is 10.1 Å². The molecule has 0 aliphatic carbocycles.